The molecule has 0 radical (unpaired) electrons. The van der Waals surface area contributed by atoms with Crippen molar-refractivity contribution >= 4 is 70.8 Å². The van der Waals surface area contributed by atoms with Crippen molar-refractivity contribution in [2.24, 2.45) is 0 Å². The first kappa shape index (κ1) is 49.6. The molecule has 290 valence electrons. The minimum absolute atomic E-state index is 0.322. The fraction of sp³-hybridized carbons (Fsp3) is 0.333. The van der Waals surface area contributed by atoms with Crippen LogP contribution >= 0.6 is 0 Å². The van der Waals surface area contributed by atoms with Gasteiger partial charge in [-0.2, -0.15) is 58.9 Å². The summed E-state index contributed by atoms with van der Waals surface area (Å²) >= 11 is 0. The Morgan fingerprint density at radius 1 is 0.360 bits per heavy atom. The summed E-state index contributed by atoms with van der Waals surface area (Å²) in [5, 5.41) is 2.92. The van der Waals surface area contributed by atoms with E-state index in [0.717, 1.165) is 4.90 Å². The molecule has 0 aromatic rings. The van der Waals surface area contributed by atoms with Crippen molar-refractivity contribution in [3.8, 4) is 0 Å². The molecule has 22 nitrogen and oxygen atoms in total. The lowest BCUT2D eigenvalue weighted by Crippen LogP contribution is -2.41. The molecule has 0 saturated heterocycles. The molecule has 2 atom stereocenters. The third-order valence-electron chi connectivity index (χ3n) is 4.35. The van der Waals surface area contributed by atoms with Gasteiger partial charge in [-0.15, -0.1) is 0 Å². The van der Waals surface area contributed by atoms with Crippen LogP contribution in [0, 0.1) is 0 Å². The van der Waals surface area contributed by atoms with Crippen molar-refractivity contribution in [2.75, 3.05) is 33.4 Å². The van der Waals surface area contributed by atoms with Crippen LogP contribution in [0.25, 0.3) is 0 Å². The van der Waals surface area contributed by atoms with E-state index < -0.39 is 116 Å². The van der Waals surface area contributed by atoms with E-state index >= 15 is 0 Å². The quantitative estimate of drug-likeness (QED) is 0.0729. The third-order valence-corrected chi connectivity index (χ3v) is 10.5. The Bertz CT molecular complexity index is 1810. The second-order valence-corrected chi connectivity index (χ2v) is 18.7. The molecule has 0 aromatic carbocycles. The SMILES string of the molecule is C=CS(=O)(=O)OCC(OS(=O)(=O)C=C)C(COS(=O)(=O)C=C)OS(=O)(=O)C=C.C=CS(=O)(=O)OCN(COS(=O)(=O)C=C)COS(=O)(=O)C=C. The molecule has 0 aromatic heterocycles. The van der Waals surface area contributed by atoms with Crippen molar-refractivity contribution in [1.29, 1.82) is 0 Å². The molecule has 50 heavy (non-hydrogen) atoms. The molecule has 0 bridgehead atoms. The maximum Gasteiger partial charge on any atom is 0.290 e. The van der Waals surface area contributed by atoms with Gasteiger partial charge < -0.3 is 0 Å². The number of hydrogen-bond acceptors (Lipinski definition) is 22. The Balaban J connectivity index is 0. The summed E-state index contributed by atoms with van der Waals surface area (Å²) in [4.78, 5) is 0.795. The van der Waals surface area contributed by atoms with Crippen LogP contribution in [0.1, 0.15) is 0 Å². The average Bonchev–Trinajstić information content (AvgIpc) is 3.04. The molecule has 0 heterocycles. The smallest absolute Gasteiger partial charge is 0.264 e. The third kappa shape index (κ3) is 23.1. The summed E-state index contributed by atoms with van der Waals surface area (Å²) in [5.41, 5.74) is 0. The van der Waals surface area contributed by atoms with E-state index in [1.54, 1.807) is 0 Å². The fourth-order valence-electron chi connectivity index (χ4n) is 1.94. The van der Waals surface area contributed by atoms with Crippen LogP contribution in [0.4, 0.5) is 0 Å². The van der Waals surface area contributed by atoms with Crippen molar-refractivity contribution < 1.29 is 88.2 Å². The molecule has 0 aliphatic rings. The first-order valence-electron chi connectivity index (χ1n) is 12.0. The van der Waals surface area contributed by atoms with Gasteiger partial charge in [0, 0.05) is 0 Å². The van der Waals surface area contributed by atoms with Crippen LogP contribution in [0.5, 0.6) is 0 Å². The lowest BCUT2D eigenvalue weighted by molar-refractivity contribution is 0.00943. The highest BCUT2D eigenvalue weighted by Gasteiger charge is 2.34. The van der Waals surface area contributed by atoms with Crippen molar-refractivity contribution in [3.63, 3.8) is 0 Å². The maximum absolute atomic E-state index is 11.6. The fourth-order valence-corrected chi connectivity index (χ4v) is 5.16. The lowest BCUT2D eigenvalue weighted by atomic mass is 10.2. The first-order chi connectivity index (χ1) is 22.6. The summed E-state index contributed by atoms with van der Waals surface area (Å²) < 4.78 is 190. The Hall–Kier alpha value is -2.49. The molecular formula is C21H33NO21S7. The van der Waals surface area contributed by atoms with Crippen LogP contribution < -0.4 is 0 Å². The Kier molecular flexibility index (Phi) is 21.0. The molecule has 29 heteroatoms. The molecule has 0 amide bonds. The van der Waals surface area contributed by atoms with E-state index in [-0.39, 0.29) is 0 Å². The molecule has 0 rings (SSSR count). The summed E-state index contributed by atoms with van der Waals surface area (Å²) in [6.45, 7) is 16.3. The first-order valence-corrected chi connectivity index (χ1v) is 22.3. The second kappa shape index (κ2) is 21.1. The standard InChI is InChI=1S/C12H18O12S4.C9H15NO9S3/c1-5-25(13,14)21-9-11(23-27(17,18)7-3)12(24-28(19,20)8-4)10-22-26(15,16)6-2;1-4-20(11,12)17-7-10(8-18-21(13,14)5-2)9-19-22(15,16)6-3/h5-8,11-12H,1-4,9-10H2;4-6H,1-3,7-9H2. The monoisotopic (exact) mass is 859 g/mol. The van der Waals surface area contributed by atoms with Gasteiger partial charge in [-0.25, -0.2) is 4.90 Å². The van der Waals surface area contributed by atoms with E-state index in [4.69, 9.17) is 0 Å². The van der Waals surface area contributed by atoms with Crippen molar-refractivity contribution in [3.05, 3.63) is 83.9 Å². The number of nitrogens with zero attached hydrogens (tertiary/aromatic N) is 1. The van der Waals surface area contributed by atoms with E-state index in [1.165, 1.54) is 0 Å². The predicted octanol–water partition coefficient (Wildman–Crippen LogP) is -0.686. The summed E-state index contributed by atoms with van der Waals surface area (Å²) in [6, 6.07) is 0. The van der Waals surface area contributed by atoms with Crippen LogP contribution in [0.3, 0.4) is 0 Å². The zero-order chi connectivity index (χ0) is 39.7. The minimum Gasteiger partial charge on any atom is -0.264 e. The normalized spacial score (nSPS) is 14.3. The van der Waals surface area contributed by atoms with Crippen LogP contribution in [-0.4, -0.2) is 109 Å². The largest absolute Gasteiger partial charge is 0.290 e. The zero-order valence-electron chi connectivity index (χ0n) is 25.6. The van der Waals surface area contributed by atoms with Gasteiger partial charge in [0.1, 0.15) is 32.4 Å². The molecule has 0 aliphatic carbocycles. The molecule has 2 unspecified atom stereocenters. The summed E-state index contributed by atoms with van der Waals surface area (Å²) in [6.07, 6.45) is -4.01. The number of rotatable bonds is 27. The Morgan fingerprint density at radius 3 is 0.760 bits per heavy atom. The van der Waals surface area contributed by atoms with Gasteiger partial charge >= 0.3 is 0 Å². The predicted molar refractivity (Wildman–Crippen MR) is 175 cm³/mol. The van der Waals surface area contributed by atoms with Gasteiger partial charge in [-0.3, -0.25) is 29.3 Å². The van der Waals surface area contributed by atoms with Crippen molar-refractivity contribution in [2.45, 2.75) is 12.2 Å². The lowest BCUT2D eigenvalue weighted by Gasteiger charge is -2.24. The highest BCUT2D eigenvalue weighted by atomic mass is 32.2. The average molecular weight is 860 g/mol. The maximum atomic E-state index is 11.6. The molecule has 0 spiro atoms. The van der Waals surface area contributed by atoms with E-state index in [1.807, 2.05) is 0 Å². The summed E-state index contributed by atoms with van der Waals surface area (Å²) in [7, 11) is -29.9. The van der Waals surface area contributed by atoms with Crippen LogP contribution in [0.15, 0.2) is 83.9 Å². The van der Waals surface area contributed by atoms with Crippen LogP contribution in [0.2, 0.25) is 0 Å². The molecule has 0 aliphatic heterocycles. The van der Waals surface area contributed by atoms with Gasteiger partial charge in [0.05, 0.1) is 51.1 Å². The molecular weight excluding hydrogens is 827 g/mol. The van der Waals surface area contributed by atoms with Gasteiger partial charge in [0.15, 0.2) is 0 Å². The molecule has 0 N–H and O–H groups in total. The van der Waals surface area contributed by atoms with Crippen molar-refractivity contribution in [1.82, 2.24) is 4.90 Å². The van der Waals surface area contributed by atoms with E-state index in [9.17, 15) is 58.9 Å². The van der Waals surface area contributed by atoms with Gasteiger partial charge in [0.25, 0.3) is 70.8 Å². The van der Waals surface area contributed by atoms with Gasteiger partial charge in [0.2, 0.25) is 0 Å². The second-order valence-electron chi connectivity index (χ2n) is 7.87. The highest BCUT2D eigenvalue weighted by molar-refractivity contribution is 7.91. The Morgan fingerprint density at radius 2 is 0.560 bits per heavy atom. The van der Waals surface area contributed by atoms with Gasteiger partial charge in [-0.05, 0) is 0 Å². The Labute approximate surface area is 292 Å². The van der Waals surface area contributed by atoms with E-state index in [2.05, 4.69) is 75.3 Å². The topological polar surface area (TPSA) is 307 Å². The molecule has 0 saturated carbocycles. The highest BCUT2D eigenvalue weighted by Crippen LogP contribution is 2.16. The minimum atomic E-state index is -4.52. The molecule has 0 fully saturated rings. The van der Waals surface area contributed by atoms with Gasteiger partial charge in [-0.1, -0.05) is 46.1 Å². The van der Waals surface area contributed by atoms with E-state index in [0.29, 0.717) is 37.9 Å². The zero-order valence-corrected chi connectivity index (χ0v) is 31.3. The number of hydrogen-bond donors (Lipinski definition) is 0. The van der Waals surface area contributed by atoms with Crippen LogP contribution in [-0.2, 0) is 100 Å². The summed E-state index contributed by atoms with van der Waals surface area (Å²) in [5.74, 6) is 0.